The molecule has 0 unspecified atom stereocenters. The topological polar surface area (TPSA) is 101 Å². The Balaban J connectivity index is 1.38. The number of hydrogen-bond donors (Lipinski definition) is 2. The molecule has 2 N–H and O–H groups in total. The Morgan fingerprint density at radius 3 is 2.49 bits per heavy atom. The fourth-order valence-corrected chi connectivity index (χ4v) is 8.47. The first-order chi connectivity index (χ1) is 16.7. The van der Waals surface area contributed by atoms with Gasteiger partial charge >= 0.3 is 6.03 Å². The molecule has 0 saturated heterocycles. The third kappa shape index (κ3) is 4.82. The SMILES string of the molecule is CC(=O)c1c(NC(=O)NCc2c(-n3cccc3)sc3c2CCN(S(C)(=O)=O)C3)sc2c1CCCC2. The fourth-order valence-electron chi connectivity index (χ4n) is 4.92. The van der Waals surface area contributed by atoms with Crippen molar-refractivity contribution in [3.05, 3.63) is 56.5 Å². The van der Waals surface area contributed by atoms with E-state index in [0.717, 1.165) is 52.3 Å². The van der Waals surface area contributed by atoms with Crippen LogP contribution in [0.5, 0.6) is 0 Å². The van der Waals surface area contributed by atoms with Crippen molar-refractivity contribution in [2.75, 3.05) is 18.1 Å². The molecule has 0 fully saturated rings. The Labute approximate surface area is 213 Å². The Kier molecular flexibility index (Phi) is 6.60. The van der Waals surface area contributed by atoms with Gasteiger partial charge in [-0.15, -0.1) is 22.7 Å². The summed E-state index contributed by atoms with van der Waals surface area (Å²) in [5.41, 5.74) is 3.86. The fraction of sp³-hybridized carbons (Fsp3) is 0.417. The zero-order valence-corrected chi connectivity index (χ0v) is 22.2. The molecule has 2 aliphatic rings. The lowest BCUT2D eigenvalue weighted by atomic mass is 9.94. The van der Waals surface area contributed by atoms with Crippen LogP contribution in [-0.2, 0) is 42.4 Å². The lowest BCUT2D eigenvalue weighted by Gasteiger charge is -2.25. The quantitative estimate of drug-likeness (QED) is 0.462. The number of urea groups is 1. The van der Waals surface area contributed by atoms with E-state index >= 15 is 0 Å². The molecule has 5 rings (SSSR count). The van der Waals surface area contributed by atoms with Gasteiger partial charge in [-0.05, 0) is 62.3 Å². The van der Waals surface area contributed by atoms with E-state index in [1.165, 1.54) is 26.8 Å². The van der Waals surface area contributed by atoms with Crippen molar-refractivity contribution in [3.8, 4) is 5.00 Å². The van der Waals surface area contributed by atoms with Crippen LogP contribution in [0.2, 0.25) is 0 Å². The average Bonchev–Trinajstić information content (AvgIpc) is 3.53. The Morgan fingerprint density at radius 2 is 1.77 bits per heavy atom. The number of ketones is 1. The summed E-state index contributed by atoms with van der Waals surface area (Å²) < 4.78 is 27.7. The third-order valence-electron chi connectivity index (χ3n) is 6.59. The van der Waals surface area contributed by atoms with E-state index < -0.39 is 10.0 Å². The second kappa shape index (κ2) is 9.53. The van der Waals surface area contributed by atoms with Gasteiger partial charge in [-0.25, -0.2) is 13.2 Å². The number of amides is 2. The van der Waals surface area contributed by atoms with Crippen LogP contribution in [0.1, 0.15) is 56.6 Å². The number of rotatable bonds is 6. The molecule has 0 atom stereocenters. The Morgan fingerprint density at radius 1 is 1.03 bits per heavy atom. The first kappa shape index (κ1) is 24.2. The van der Waals surface area contributed by atoms with Gasteiger partial charge in [0, 0.05) is 47.3 Å². The minimum absolute atomic E-state index is 0.0167. The van der Waals surface area contributed by atoms with Crippen molar-refractivity contribution >= 4 is 49.5 Å². The number of hydrogen-bond acceptors (Lipinski definition) is 6. The maximum atomic E-state index is 12.9. The highest BCUT2D eigenvalue weighted by Gasteiger charge is 2.29. The number of aryl methyl sites for hydroxylation is 1. The molecule has 186 valence electrons. The first-order valence-corrected chi connectivity index (χ1v) is 15.1. The molecule has 35 heavy (non-hydrogen) atoms. The molecule has 1 aliphatic carbocycles. The predicted molar refractivity (Wildman–Crippen MR) is 139 cm³/mol. The molecule has 4 heterocycles. The monoisotopic (exact) mass is 532 g/mol. The molecule has 0 bridgehead atoms. The molecule has 1 aliphatic heterocycles. The van der Waals surface area contributed by atoms with Crippen LogP contribution in [0.15, 0.2) is 24.5 Å². The van der Waals surface area contributed by atoms with Gasteiger partial charge in [0.2, 0.25) is 10.0 Å². The predicted octanol–water partition coefficient (Wildman–Crippen LogP) is 4.32. The normalized spacial score (nSPS) is 15.9. The summed E-state index contributed by atoms with van der Waals surface area (Å²) >= 11 is 3.07. The zero-order chi connectivity index (χ0) is 24.7. The van der Waals surface area contributed by atoms with Crippen molar-refractivity contribution in [2.24, 2.45) is 0 Å². The van der Waals surface area contributed by atoms with Crippen LogP contribution in [0.25, 0.3) is 5.00 Å². The summed E-state index contributed by atoms with van der Waals surface area (Å²) in [5.74, 6) is -0.0167. The molecule has 11 heteroatoms. The number of nitrogens with zero attached hydrogens (tertiary/aromatic N) is 2. The van der Waals surface area contributed by atoms with Gasteiger partial charge in [-0.1, -0.05) is 0 Å². The summed E-state index contributed by atoms with van der Waals surface area (Å²) in [6.45, 7) is 2.64. The number of thiophene rings is 2. The molecule has 0 aromatic carbocycles. The first-order valence-electron chi connectivity index (χ1n) is 11.6. The van der Waals surface area contributed by atoms with Gasteiger partial charge in [0.1, 0.15) is 10.0 Å². The average molecular weight is 533 g/mol. The number of fused-ring (bicyclic) bond motifs is 2. The zero-order valence-electron chi connectivity index (χ0n) is 19.7. The highest BCUT2D eigenvalue weighted by Crippen LogP contribution is 2.39. The van der Waals surface area contributed by atoms with E-state index in [4.69, 9.17) is 0 Å². The van der Waals surface area contributed by atoms with Gasteiger partial charge in [0.05, 0.1) is 11.8 Å². The van der Waals surface area contributed by atoms with Crippen molar-refractivity contribution in [3.63, 3.8) is 0 Å². The molecule has 0 radical (unpaired) electrons. The Hall–Kier alpha value is -2.47. The minimum Gasteiger partial charge on any atom is -0.334 e. The Bertz CT molecular complexity index is 1390. The summed E-state index contributed by atoms with van der Waals surface area (Å²) in [7, 11) is -3.27. The molecular weight excluding hydrogens is 504 g/mol. The largest absolute Gasteiger partial charge is 0.334 e. The number of carbonyl (C=O) groups is 2. The maximum absolute atomic E-state index is 12.9. The van der Waals surface area contributed by atoms with Crippen LogP contribution >= 0.6 is 22.7 Å². The van der Waals surface area contributed by atoms with Crippen LogP contribution in [0.4, 0.5) is 9.80 Å². The molecule has 0 saturated carbocycles. The molecular formula is C24H28N4O4S3. The van der Waals surface area contributed by atoms with Gasteiger partial charge in [0.15, 0.2) is 5.78 Å². The van der Waals surface area contributed by atoms with Crippen LogP contribution in [-0.4, -0.2) is 41.9 Å². The number of Topliss-reactive ketones (excluding diaryl/α,β-unsaturated/α-hetero) is 1. The van der Waals surface area contributed by atoms with Crippen LogP contribution in [0, 0.1) is 0 Å². The molecule has 8 nitrogen and oxygen atoms in total. The molecule has 2 amide bonds. The van der Waals surface area contributed by atoms with Crippen molar-refractivity contribution in [1.29, 1.82) is 0 Å². The standard InChI is InChI=1S/C24H28N4O4S3/c1-15(29)21-17-7-3-4-8-19(17)33-22(21)26-24(30)25-13-18-16-9-12-28(35(2,31)32)14-20(16)34-23(18)27-10-5-6-11-27/h5-6,10-11H,3-4,7-9,12-14H2,1-2H3,(H2,25,26,30). The van der Waals surface area contributed by atoms with E-state index in [9.17, 15) is 18.0 Å². The van der Waals surface area contributed by atoms with Crippen LogP contribution in [0.3, 0.4) is 0 Å². The van der Waals surface area contributed by atoms with E-state index in [2.05, 4.69) is 10.6 Å². The van der Waals surface area contributed by atoms with E-state index in [-0.39, 0.29) is 11.8 Å². The number of aromatic nitrogens is 1. The molecule has 3 aromatic heterocycles. The second-order valence-electron chi connectivity index (χ2n) is 9.00. The van der Waals surface area contributed by atoms with Crippen molar-refractivity contribution in [2.45, 2.75) is 52.1 Å². The number of carbonyl (C=O) groups excluding carboxylic acids is 2. The smallest absolute Gasteiger partial charge is 0.320 e. The lowest BCUT2D eigenvalue weighted by molar-refractivity contribution is 0.101. The highest BCUT2D eigenvalue weighted by atomic mass is 32.2. The van der Waals surface area contributed by atoms with E-state index in [1.54, 1.807) is 18.3 Å². The molecule has 0 spiro atoms. The summed E-state index contributed by atoms with van der Waals surface area (Å²) in [6.07, 6.45) is 9.75. The summed E-state index contributed by atoms with van der Waals surface area (Å²) in [4.78, 5) is 27.5. The molecule has 3 aromatic rings. The van der Waals surface area contributed by atoms with Gasteiger partial charge in [-0.2, -0.15) is 4.31 Å². The van der Waals surface area contributed by atoms with Gasteiger partial charge < -0.3 is 9.88 Å². The highest BCUT2D eigenvalue weighted by molar-refractivity contribution is 7.88. The minimum atomic E-state index is -3.27. The number of anilines is 1. The maximum Gasteiger partial charge on any atom is 0.320 e. The van der Waals surface area contributed by atoms with Crippen molar-refractivity contribution < 1.29 is 18.0 Å². The van der Waals surface area contributed by atoms with Gasteiger partial charge in [0.25, 0.3) is 0 Å². The van der Waals surface area contributed by atoms with E-state index in [1.807, 2.05) is 29.1 Å². The second-order valence-corrected chi connectivity index (χ2v) is 13.2. The van der Waals surface area contributed by atoms with Gasteiger partial charge in [-0.3, -0.25) is 10.1 Å². The van der Waals surface area contributed by atoms with Crippen molar-refractivity contribution in [1.82, 2.24) is 14.2 Å². The summed E-state index contributed by atoms with van der Waals surface area (Å²) in [6, 6.07) is 3.53. The third-order valence-corrected chi connectivity index (χ3v) is 10.3. The number of sulfonamides is 1. The van der Waals surface area contributed by atoms with Crippen LogP contribution < -0.4 is 10.6 Å². The van der Waals surface area contributed by atoms with E-state index in [0.29, 0.717) is 36.6 Å². The number of nitrogens with one attached hydrogen (secondary N) is 2. The summed E-state index contributed by atoms with van der Waals surface area (Å²) in [5, 5.41) is 7.52. The lowest BCUT2D eigenvalue weighted by Crippen LogP contribution is -2.35.